The lowest BCUT2D eigenvalue weighted by Crippen LogP contribution is -2.21. The fourth-order valence-corrected chi connectivity index (χ4v) is 3.20. The molecule has 118 valence electrons. The van der Waals surface area contributed by atoms with E-state index in [2.05, 4.69) is 23.7 Å². The minimum absolute atomic E-state index is 0.234. The predicted octanol–water partition coefficient (Wildman–Crippen LogP) is 2.43. The van der Waals surface area contributed by atoms with Gasteiger partial charge < -0.3 is 14.8 Å². The maximum atomic E-state index is 11.3. The average Bonchev–Trinajstić information content (AvgIpc) is 2.50. The number of ether oxygens (including phenoxy) is 2. The van der Waals surface area contributed by atoms with Crippen LogP contribution in [0.4, 0.5) is 0 Å². The van der Waals surface area contributed by atoms with E-state index in [1.165, 1.54) is 10.5 Å². The van der Waals surface area contributed by atoms with Gasteiger partial charge in [-0.25, -0.2) is 0 Å². The van der Waals surface area contributed by atoms with Crippen molar-refractivity contribution in [3.63, 3.8) is 0 Å². The zero-order valence-corrected chi connectivity index (χ0v) is 14.4. The van der Waals surface area contributed by atoms with Crippen LogP contribution < -0.4 is 14.8 Å². The van der Waals surface area contributed by atoms with Crippen molar-refractivity contribution in [3.8, 4) is 11.5 Å². The topological polar surface area (TPSA) is 47.6 Å². The lowest BCUT2D eigenvalue weighted by molar-refractivity contribution is 0.171. The van der Waals surface area contributed by atoms with E-state index in [0.29, 0.717) is 13.2 Å². The number of hydrogen-bond donors (Lipinski definition) is 1. The van der Waals surface area contributed by atoms with E-state index in [4.69, 9.17) is 9.47 Å². The van der Waals surface area contributed by atoms with Gasteiger partial charge in [-0.05, 0) is 36.9 Å². The molecule has 1 aliphatic heterocycles. The van der Waals surface area contributed by atoms with Crippen LogP contribution in [0.1, 0.15) is 18.9 Å². The third-order valence-corrected chi connectivity index (χ3v) is 5.74. The smallest absolute Gasteiger partial charge is 0.162 e. The second-order valence-electron chi connectivity index (χ2n) is 5.08. The summed E-state index contributed by atoms with van der Waals surface area (Å²) in [6, 6.07) is 4.12. The van der Waals surface area contributed by atoms with Crippen LogP contribution in [0.25, 0.3) is 0 Å². The Kier molecular flexibility index (Phi) is 6.39. The second kappa shape index (κ2) is 8.06. The van der Waals surface area contributed by atoms with Crippen LogP contribution in [-0.2, 0) is 17.3 Å². The first-order chi connectivity index (χ1) is 10.1. The van der Waals surface area contributed by atoms with Crippen LogP contribution in [0.3, 0.4) is 0 Å². The van der Waals surface area contributed by atoms with Crippen molar-refractivity contribution < 1.29 is 13.7 Å². The highest BCUT2D eigenvalue weighted by atomic mass is 32.2. The average molecular weight is 329 g/mol. The van der Waals surface area contributed by atoms with Crippen molar-refractivity contribution >= 4 is 22.6 Å². The molecule has 21 heavy (non-hydrogen) atoms. The second-order valence-corrected chi connectivity index (χ2v) is 7.73. The molecule has 4 nitrogen and oxygen atoms in total. The van der Waals surface area contributed by atoms with E-state index in [1.807, 2.05) is 6.92 Å². The number of fused-ring (bicyclic) bond motifs is 1. The molecule has 0 bridgehead atoms. The highest BCUT2D eigenvalue weighted by Gasteiger charge is 2.15. The molecule has 2 atom stereocenters. The van der Waals surface area contributed by atoms with Gasteiger partial charge in [0, 0.05) is 33.7 Å². The zero-order chi connectivity index (χ0) is 15.2. The number of rotatable bonds is 7. The lowest BCUT2D eigenvalue weighted by Gasteiger charge is -2.21. The van der Waals surface area contributed by atoms with E-state index in [1.54, 1.807) is 18.0 Å². The van der Waals surface area contributed by atoms with Crippen molar-refractivity contribution in [2.45, 2.75) is 30.0 Å². The van der Waals surface area contributed by atoms with Crippen molar-refractivity contribution in [2.75, 3.05) is 32.3 Å². The van der Waals surface area contributed by atoms with Crippen LogP contribution in [0.5, 0.6) is 11.5 Å². The zero-order valence-electron chi connectivity index (χ0n) is 12.8. The summed E-state index contributed by atoms with van der Waals surface area (Å²) in [6.45, 7) is 4.90. The first kappa shape index (κ1) is 16.6. The monoisotopic (exact) mass is 329 g/mol. The molecule has 2 rings (SSSR count). The van der Waals surface area contributed by atoms with Gasteiger partial charge in [0.2, 0.25) is 0 Å². The van der Waals surface area contributed by atoms with Crippen LogP contribution in [-0.4, -0.2) is 41.7 Å². The number of hydrogen-bond acceptors (Lipinski definition) is 5. The van der Waals surface area contributed by atoms with E-state index in [0.717, 1.165) is 31.0 Å². The summed E-state index contributed by atoms with van der Waals surface area (Å²) >= 11 is 1.71. The van der Waals surface area contributed by atoms with E-state index < -0.39 is 10.8 Å². The highest BCUT2D eigenvalue weighted by Crippen LogP contribution is 2.36. The lowest BCUT2D eigenvalue weighted by atomic mass is 10.2. The molecule has 0 aliphatic carbocycles. The third kappa shape index (κ3) is 4.63. The van der Waals surface area contributed by atoms with Gasteiger partial charge in [0.05, 0.1) is 0 Å². The molecule has 1 aromatic rings. The van der Waals surface area contributed by atoms with Crippen molar-refractivity contribution in [1.29, 1.82) is 0 Å². The van der Waals surface area contributed by atoms with E-state index >= 15 is 0 Å². The fraction of sp³-hybridized carbons (Fsp3) is 0.600. The van der Waals surface area contributed by atoms with E-state index in [9.17, 15) is 4.21 Å². The number of nitrogens with one attached hydrogen (secondary N) is 1. The summed E-state index contributed by atoms with van der Waals surface area (Å²) in [6.07, 6.45) is 4.75. The van der Waals surface area contributed by atoms with Gasteiger partial charge in [-0.15, -0.1) is 11.8 Å². The van der Waals surface area contributed by atoms with Crippen LogP contribution in [0, 0.1) is 0 Å². The Hall–Kier alpha value is -0.720. The van der Waals surface area contributed by atoms with Crippen molar-refractivity contribution in [2.24, 2.45) is 0 Å². The molecule has 1 N–H and O–H groups in total. The summed E-state index contributed by atoms with van der Waals surface area (Å²) in [7, 11) is -0.747. The maximum Gasteiger partial charge on any atom is 0.162 e. The molecule has 0 radical (unpaired) electrons. The molecule has 0 spiro atoms. The van der Waals surface area contributed by atoms with Crippen molar-refractivity contribution in [3.05, 3.63) is 17.7 Å². The Morgan fingerprint density at radius 2 is 2.00 bits per heavy atom. The number of thioether (sulfide) groups is 1. The van der Waals surface area contributed by atoms with Crippen LogP contribution in [0.15, 0.2) is 17.0 Å². The molecule has 1 aliphatic rings. The Balaban J connectivity index is 1.94. The van der Waals surface area contributed by atoms with Gasteiger partial charge in [0.1, 0.15) is 13.2 Å². The quantitative estimate of drug-likeness (QED) is 0.615. The Bertz CT molecular complexity index is 508. The minimum atomic E-state index is -0.747. The molecule has 1 aromatic carbocycles. The summed E-state index contributed by atoms with van der Waals surface area (Å²) in [5.74, 6) is 1.67. The normalized spacial score (nSPS) is 16.5. The Morgan fingerprint density at radius 1 is 1.33 bits per heavy atom. The molecular weight excluding hydrogens is 306 g/mol. The molecule has 0 amide bonds. The van der Waals surface area contributed by atoms with Gasteiger partial charge in [0.25, 0.3) is 0 Å². The predicted molar refractivity (Wildman–Crippen MR) is 89.1 cm³/mol. The Labute approximate surface area is 133 Å². The first-order valence-corrected chi connectivity index (χ1v) is 9.96. The van der Waals surface area contributed by atoms with Crippen molar-refractivity contribution in [1.82, 2.24) is 5.32 Å². The molecule has 6 heteroatoms. The summed E-state index contributed by atoms with van der Waals surface area (Å²) in [5.41, 5.74) is 1.22. The first-order valence-electron chi connectivity index (χ1n) is 7.11. The van der Waals surface area contributed by atoms with E-state index in [-0.39, 0.29) is 5.25 Å². The Morgan fingerprint density at radius 3 is 2.62 bits per heavy atom. The standard InChI is InChI=1S/C15H23NO3S2/c1-11(21(3)17)4-5-16-10-12-8-13-14(9-15(12)20-2)19-7-6-18-13/h8-9,11,16H,4-7,10H2,1-3H3. The fourth-order valence-electron chi connectivity index (χ4n) is 2.13. The van der Waals surface area contributed by atoms with Crippen LogP contribution in [0.2, 0.25) is 0 Å². The van der Waals surface area contributed by atoms with Crippen LogP contribution >= 0.6 is 11.8 Å². The highest BCUT2D eigenvalue weighted by molar-refractivity contribution is 7.98. The van der Waals surface area contributed by atoms with Gasteiger partial charge in [-0.2, -0.15) is 0 Å². The molecule has 1 heterocycles. The van der Waals surface area contributed by atoms with Gasteiger partial charge >= 0.3 is 0 Å². The molecule has 2 unspecified atom stereocenters. The molecular formula is C15H23NO3S2. The van der Waals surface area contributed by atoms with Gasteiger partial charge in [-0.3, -0.25) is 4.21 Å². The summed E-state index contributed by atoms with van der Waals surface area (Å²) in [5, 5.41) is 3.66. The summed E-state index contributed by atoms with van der Waals surface area (Å²) in [4.78, 5) is 1.21. The SMILES string of the molecule is CSc1cc2c(cc1CNCCC(C)S(C)=O)OCCO2. The molecule has 0 aromatic heterocycles. The largest absolute Gasteiger partial charge is 0.486 e. The third-order valence-electron chi connectivity index (χ3n) is 3.55. The minimum Gasteiger partial charge on any atom is -0.486 e. The maximum absolute atomic E-state index is 11.3. The molecule has 0 saturated carbocycles. The summed E-state index contributed by atoms with van der Waals surface area (Å²) < 4.78 is 22.6. The molecule has 0 saturated heterocycles. The van der Waals surface area contributed by atoms with Gasteiger partial charge in [0.15, 0.2) is 11.5 Å². The molecule has 0 fully saturated rings. The number of benzene rings is 1. The van der Waals surface area contributed by atoms with Gasteiger partial charge in [-0.1, -0.05) is 6.92 Å².